The van der Waals surface area contributed by atoms with Gasteiger partial charge < -0.3 is 11.1 Å². The molecule has 0 aliphatic carbocycles. The highest BCUT2D eigenvalue weighted by Crippen LogP contribution is 2.01. The molecular formula is C8H12N4O3. The minimum absolute atomic E-state index is 0.106. The maximum Gasteiger partial charge on any atom is 0.329 e. The first-order valence-corrected chi connectivity index (χ1v) is 4.30. The Kier molecular flexibility index (Phi) is 2.93. The molecular weight excluding hydrogens is 200 g/mol. The van der Waals surface area contributed by atoms with Crippen LogP contribution in [0.3, 0.4) is 0 Å². The van der Waals surface area contributed by atoms with Gasteiger partial charge in [0.05, 0.1) is 0 Å². The van der Waals surface area contributed by atoms with E-state index in [1.807, 2.05) is 4.98 Å². The molecule has 0 aromatic carbocycles. The van der Waals surface area contributed by atoms with Crippen molar-refractivity contribution in [3.8, 4) is 0 Å². The Bertz CT molecular complexity index is 487. The van der Waals surface area contributed by atoms with Gasteiger partial charge in [-0.2, -0.15) is 0 Å². The number of likely N-dealkylation sites (N-methyl/N-ethyl adjacent to an activating group) is 1. The normalized spacial score (nSPS) is 12.1. The van der Waals surface area contributed by atoms with Gasteiger partial charge in [-0.1, -0.05) is 0 Å². The van der Waals surface area contributed by atoms with Crippen LogP contribution in [0.5, 0.6) is 0 Å². The van der Waals surface area contributed by atoms with E-state index in [-0.39, 0.29) is 11.6 Å². The van der Waals surface area contributed by atoms with Gasteiger partial charge in [0.1, 0.15) is 11.7 Å². The van der Waals surface area contributed by atoms with E-state index >= 15 is 0 Å². The smallest absolute Gasteiger partial charge is 0.329 e. The number of H-pyrrole nitrogens is 1. The topological polar surface area (TPSA) is 110 Å². The second-order valence-electron chi connectivity index (χ2n) is 3.04. The van der Waals surface area contributed by atoms with Crippen LogP contribution < -0.4 is 22.3 Å². The lowest BCUT2D eigenvalue weighted by Crippen LogP contribution is -2.38. The number of amides is 1. The first-order chi connectivity index (χ1) is 6.97. The number of hydrogen-bond acceptors (Lipinski definition) is 4. The van der Waals surface area contributed by atoms with Gasteiger partial charge in [-0.3, -0.25) is 19.1 Å². The lowest BCUT2D eigenvalue weighted by atomic mass is 10.3. The molecule has 1 atom stereocenters. The molecule has 0 saturated carbocycles. The summed E-state index contributed by atoms with van der Waals surface area (Å²) in [5.74, 6) is -0.344. The van der Waals surface area contributed by atoms with E-state index < -0.39 is 17.3 Å². The molecule has 1 amide bonds. The van der Waals surface area contributed by atoms with Crippen molar-refractivity contribution in [3.05, 3.63) is 27.0 Å². The number of hydrogen-bond donors (Lipinski definition) is 3. The Balaban J connectivity index is 3.27. The summed E-state index contributed by atoms with van der Waals surface area (Å²) in [6.45, 7) is 1.53. The summed E-state index contributed by atoms with van der Waals surface area (Å²) in [7, 11) is 1.46. The van der Waals surface area contributed by atoms with Crippen LogP contribution in [0.15, 0.2) is 15.8 Å². The number of nitrogens with two attached hydrogens (primary N) is 1. The predicted molar refractivity (Wildman–Crippen MR) is 54.5 cm³/mol. The first kappa shape index (κ1) is 11.0. The molecule has 0 spiro atoms. The molecule has 1 aromatic heterocycles. The Hall–Kier alpha value is -2.05. The van der Waals surface area contributed by atoms with E-state index in [4.69, 9.17) is 5.73 Å². The summed E-state index contributed by atoms with van der Waals surface area (Å²) in [5, 5.41) is 2.39. The van der Waals surface area contributed by atoms with Crippen molar-refractivity contribution in [3.63, 3.8) is 0 Å². The van der Waals surface area contributed by atoms with E-state index in [2.05, 4.69) is 5.32 Å². The molecule has 0 bridgehead atoms. The number of nitrogen functional groups attached to an aromatic ring is 1. The molecule has 7 heteroatoms. The molecule has 0 aliphatic rings. The van der Waals surface area contributed by atoms with Crippen molar-refractivity contribution < 1.29 is 4.79 Å². The van der Waals surface area contributed by atoms with Crippen LogP contribution in [-0.2, 0) is 4.79 Å². The lowest BCUT2D eigenvalue weighted by molar-refractivity contribution is -0.123. The largest absolute Gasteiger partial charge is 0.393 e. The number of carbonyl (C=O) groups is 1. The number of nitrogens with one attached hydrogen (secondary N) is 2. The third-order valence-corrected chi connectivity index (χ3v) is 2.04. The molecule has 1 aromatic rings. The lowest BCUT2D eigenvalue weighted by Gasteiger charge is -2.12. The maximum atomic E-state index is 11.3. The van der Waals surface area contributed by atoms with E-state index in [0.29, 0.717) is 0 Å². The fourth-order valence-corrected chi connectivity index (χ4v) is 1.12. The number of aromatic nitrogens is 2. The first-order valence-electron chi connectivity index (χ1n) is 4.30. The van der Waals surface area contributed by atoms with Crippen LogP contribution in [0.4, 0.5) is 5.69 Å². The second kappa shape index (κ2) is 3.99. The third kappa shape index (κ3) is 2.06. The van der Waals surface area contributed by atoms with Crippen molar-refractivity contribution in [2.45, 2.75) is 13.0 Å². The number of carbonyl (C=O) groups excluding carboxylic acids is 1. The summed E-state index contributed by atoms with van der Waals surface area (Å²) in [4.78, 5) is 35.6. The fourth-order valence-electron chi connectivity index (χ4n) is 1.12. The Morgan fingerprint density at radius 1 is 1.60 bits per heavy atom. The molecule has 4 N–H and O–H groups in total. The second-order valence-corrected chi connectivity index (χ2v) is 3.04. The van der Waals surface area contributed by atoms with Crippen molar-refractivity contribution >= 4 is 11.6 Å². The van der Waals surface area contributed by atoms with Crippen LogP contribution in [0.2, 0.25) is 0 Å². The van der Waals surface area contributed by atoms with Crippen molar-refractivity contribution in [1.29, 1.82) is 0 Å². The van der Waals surface area contributed by atoms with Crippen LogP contribution >= 0.6 is 0 Å². The number of aromatic amines is 1. The van der Waals surface area contributed by atoms with Crippen molar-refractivity contribution in [2.24, 2.45) is 0 Å². The zero-order valence-electron chi connectivity index (χ0n) is 8.40. The molecule has 82 valence electrons. The van der Waals surface area contributed by atoms with E-state index in [0.717, 1.165) is 10.8 Å². The molecule has 7 nitrogen and oxygen atoms in total. The molecule has 0 aliphatic heterocycles. The maximum absolute atomic E-state index is 11.3. The highest BCUT2D eigenvalue weighted by molar-refractivity contribution is 5.79. The van der Waals surface area contributed by atoms with Crippen molar-refractivity contribution in [2.75, 3.05) is 12.8 Å². The Labute approximate surface area is 84.9 Å². The van der Waals surface area contributed by atoms with Gasteiger partial charge in [-0.25, -0.2) is 4.79 Å². The van der Waals surface area contributed by atoms with Gasteiger partial charge >= 0.3 is 5.69 Å². The summed E-state index contributed by atoms with van der Waals surface area (Å²) in [6, 6.07) is -0.721. The Morgan fingerprint density at radius 3 is 2.73 bits per heavy atom. The van der Waals surface area contributed by atoms with Gasteiger partial charge in [0.15, 0.2) is 0 Å². The zero-order valence-corrected chi connectivity index (χ0v) is 8.40. The third-order valence-electron chi connectivity index (χ3n) is 2.04. The SMILES string of the molecule is CNC(=O)C(C)n1cc(N)c(=O)[nH]c1=O. The summed E-state index contributed by atoms with van der Waals surface area (Å²) in [5.41, 5.74) is 3.91. The summed E-state index contributed by atoms with van der Waals surface area (Å²) >= 11 is 0. The van der Waals surface area contributed by atoms with E-state index in [9.17, 15) is 14.4 Å². The molecule has 1 rings (SSSR count). The zero-order chi connectivity index (χ0) is 11.6. The number of rotatable bonds is 2. The van der Waals surface area contributed by atoms with Gasteiger partial charge in [0.25, 0.3) is 5.56 Å². The molecule has 1 unspecified atom stereocenters. The number of nitrogens with zero attached hydrogens (tertiary/aromatic N) is 1. The minimum atomic E-state index is -0.721. The van der Waals surface area contributed by atoms with Crippen molar-refractivity contribution in [1.82, 2.24) is 14.9 Å². The molecule has 0 fully saturated rings. The summed E-state index contributed by atoms with van der Waals surface area (Å²) < 4.78 is 1.07. The monoisotopic (exact) mass is 212 g/mol. The minimum Gasteiger partial charge on any atom is -0.393 e. The van der Waals surface area contributed by atoms with E-state index in [1.165, 1.54) is 14.0 Å². The Morgan fingerprint density at radius 2 is 2.20 bits per heavy atom. The average molecular weight is 212 g/mol. The molecule has 15 heavy (non-hydrogen) atoms. The molecule has 0 radical (unpaired) electrons. The predicted octanol–water partition coefficient (Wildman–Crippen LogP) is -1.57. The van der Waals surface area contributed by atoms with Crippen LogP contribution in [-0.4, -0.2) is 22.5 Å². The van der Waals surface area contributed by atoms with Gasteiger partial charge in [-0.05, 0) is 6.92 Å². The highest BCUT2D eigenvalue weighted by Gasteiger charge is 2.15. The van der Waals surface area contributed by atoms with Crippen LogP contribution in [0, 0.1) is 0 Å². The quantitative estimate of drug-likeness (QED) is 0.549. The van der Waals surface area contributed by atoms with E-state index in [1.54, 1.807) is 0 Å². The fraction of sp³-hybridized carbons (Fsp3) is 0.375. The van der Waals surface area contributed by atoms with Crippen LogP contribution in [0.25, 0.3) is 0 Å². The molecule has 0 saturated heterocycles. The van der Waals surface area contributed by atoms with Crippen LogP contribution in [0.1, 0.15) is 13.0 Å². The van der Waals surface area contributed by atoms with Gasteiger partial charge in [-0.15, -0.1) is 0 Å². The number of anilines is 1. The highest BCUT2D eigenvalue weighted by atomic mass is 16.2. The van der Waals surface area contributed by atoms with Gasteiger partial charge in [0.2, 0.25) is 5.91 Å². The average Bonchev–Trinajstić information content (AvgIpc) is 2.21. The standard InChI is InChI=1S/C8H12N4O3/c1-4(6(13)10-2)12-3-5(9)7(14)11-8(12)15/h3-4H,9H2,1-2H3,(H,10,13)(H,11,14,15). The van der Waals surface area contributed by atoms with Gasteiger partial charge in [0, 0.05) is 13.2 Å². The molecule has 1 heterocycles. The summed E-state index contributed by atoms with van der Waals surface area (Å²) in [6.07, 6.45) is 1.15.